The second-order valence-corrected chi connectivity index (χ2v) is 21.7. The third kappa shape index (κ3) is 13.5. The van der Waals surface area contributed by atoms with Gasteiger partial charge in [-0.1, -0.05) is 58.7 Å². The molecule has 0 amide bonds. The molecule has 504 valence electrons. The molecule has 0 aliphatic carbocycles. The van der Waals surface area contributed by atoms with E-state index in [2.05, 4.69) is 159 Å². The average Bonchev–Trinajstić information content (AvgIpc) is 1.62. The fourth-order valence-corrected chi connectivity index (χ4v) is 11.8. The van der Waals surface area contributed by atoms with Crippen LogP contribution in [0.1, 0.15) is 45.0 Å². The van der Waals surface area contributed by atoms with E-state index in [1.165, 1.54) is 42.8 Å². The minimum absolute atomic E-state index is 0. The Morgan fingerprint density at radius 2 is 0.520 bits per heavy atom. The average molecular weight is 2020 g/mol. The molecule has 30 nitrogen and oxygen atoms in total. The van der Waals surface area contributed by atoms with Crippen LogP contribution in [-0.2, 0) is 131 Å². The van der Waals surface area contributed by atoms with Crippen molar-refractivity contribution in [2.24, 2.45) is 0 Å². The minimum Gasteiger partial charge on any atom is -0.505 e. The normalized spacial score (nSPS) is 14.9. The molecule has 12 aromatic heterocycles. The van der Waals surface area contributed by atoms with Crippen LogP contribution in [0.2, 0.25) is 0 Å². The van der Waals surface area contributed by atoms with Gasteiger partial charge in [-0.25, -0.2) is 112 Å². The fraction of sp³-hybridized carbons (Fsp3) is 0.121. The number of nitrogens with zero attached hydrogens (tertiary/aromatic N) is 30. The summed E-state index contributed by atoms with van der Waals surface area (Å²) in [5.41, 5.74) is 10.2. The van der Waals surface area contributed by atoms with Gasteiger partial charge in [-0.05, 0) is 34.4 Å². The molecule has 0 saturated carbocycles. The number of hydrogen-bond acceptors (Lipinski definition) is 30. The van der Waals surface area contributed by atoms with Crippen molar-refractivity contribution in [2.75, 3.05) is 39.2 Å². The Morgan fingerprint density at radius 1 is 0.240 bits per heavy atom. The molecule has 12 aromatic rings. The smallest absolute Gasteiger partial charge is 0.121 e. The van der Waals surface area contributed by atoms with Gasteiger partial charge in [-0.15, -0.1) is 51.4 Å². The molecule has 0 saturated heterocycles. The van der Waals surface area contributed by atoms with E-state index in [9.17, 15) is 0 Å². The third-order valence-electron chi connectivity index (χ3n) is 16.2. The Morgan fingerprint density at radius 3 is 0.910 bits per heavy atom. The van der Waals surface area contributed by atoms with Crippen LogP contribution >= 0.6 is 0 Å². The largest absolute Gasteiger partial charge is 0.505 e. The molecule has 0 radical (unpaired) electrons. The first kappa shape index (κ1) is 68.6. The number of anilines is 16. The summed E-state index contributed by atoms with van der Waals surface area (Å²) < 4.78 is 0. The van der Waals surface area contributed by atoms with Crippen molar-refractivity contribution >= 4 is 92.8 Å². The molecule has 100 heavy (non-hydrogen) atoms. The molecule has 0 bridgehead atoms. The molecular weight excluding hydrogens is 1970 g/mol. The zero-order valence-electron chi connectivity index (χ0n) is 51.8. The topological polar surface area (TPSA) is 309 Å². The van der Waals surface area contributed by atoms with Crippen LogP contribution in [0.4, 0.5) is 92.8 Å². The molecule has 0 aromatic carbocycles. The van der Waals surface area contributed by atoms with Crippen LogP contribution in [0.3, 0.4) is 0 Å². The summed E-state index contributed by atoms with van der Waals surface area (Å²) in [5.74, 6) is 10.3. The maximum atomic E-state index is 4.46. The van der Waals surface area contributed by atoms with Gasteiger partial charge in [-0.3, -0.25) is 49.8 Å². The molecular formula is C66H46N30Os4-12. The number of fused-ring (bicyclic) bond motifs is 8. The molecule has 0 N–H and O–H groups in total. The Balaban J connectivity index is 0.000000118. The van der Waals surface area contributed by atoms with Gasteiger partial charge in [0.05, 0.1) is 23.8 Å². The second kappa shape index (κ2) is 30.7. The summed E-state index contributed by atoms with van der Waals surface area (Å²) in [5, 5.41) is 0. The quantitative estimate of drug-likeness (QED) is 0.133. The summed E-state index contributed by atoms with van der Waals surface area (Å²) in [6.45, 7) is 16.2. The second-order valence-electron chi connectivity index (χ2n) is 21.7. The Labute approximate surface area is 625 Å². The van der Waals surface area contributed by atoms with Crippen molar-refractivity contribution in [1.29, 1.82) is 0 Å². The molecule has 0 fully saturated rings. The first-order valence-corrected chi connectivity index (χ1v) is 30.2. The summed E-state index contributed by atoms with van der Waals surface area (Å²) in [7, 11) is 0. The van der Waals surface area contributed by atoms with Gasteiger partial charge in [0, 0.05) is 151 Å². The van der Waals surface area contributed by atoms with Crippen molar-refractivity contribution in [3.8, 4) is 0 Å². The zero-order valence-corrected chi connectivity index (χ0v) is 62.0. The number of pyridine rings is 2. The Kier molecular flexibility index (Phi) is 21.0. The molecule has 0 spiro atoms. The summed E-state index contributed by atoms with van der Waals surface area (Å²) >= 11 is 0. The Bertz CT molecular complexity index is 3990. The van der Waals surface area contributed by atoms with E-state index in [0.29, 0.717) is 46.5 Å². The summed E-state index contributed by atoms with van der Waals surface area (Å²) in [4.78, 5) is 110. The van der Waals surface area contributed by atoms with Crippen molar-refractivity contribution in [3.05, 3.63) is 259 Å². The predicted octanol–water partition coefficient (Wildman–Crippen LogP) is 7.48. The summed E-state index contributed by atoms with van der Waals surface area (Å²) in [6, 6.07) is 21.1. The number of rotatable bonds is 8. The molecule has 0 unspecified atom stereocenters. The van der Waals surface area contributed by atoms with Crippen LogP contribution in [0, 0.1) is 76.6 Å². The molecule has 34 heteroatoms. The van der Waals surface area contributed by atoms with Crippen molar-refractivity contribution < 1.29 is 79.2 Å². The van der Waals surface area contributed by atoms with Crippen molar-refractivity contribution in [1.82, 2.24) is 110 Å². The maximum absolute atomic E-state index is 4.46. The van der Waals surface area contributed by atoms with Crippen molar-refractivity contribution in [2.45, 2.75) is 51.4 Å². The summed E-state index contributed by atoms with van der Waals surface area (Å²) in [6.07, 6.45) is 36.0. The van der Waals surface area contributed by atoms with E-state index in [-0.39, 0.29) is 79.2 Å². The van der Waals surface area contributed by atoms with Gasteiger partial charge in [-0.2, -0.15) is 0 Å². The van der Waals surface area contributed by atoms with E-state index in [0.717, 1.165) is 132 Å². The van der Waals surface area contributed by atoms with Crippen LogP contribution in [0.15, 0.2) is 137 Å². The van der Waals surface area contributed by atoms with Gasteiger partial charge in [0.1, 0.15) is 85.5 Å². The molecule has 8 aliphatic heterocycles. The molecule has 8 aliphatic rings. The minimum atomic E-state index is 0. The molecule has 20 rings (SSSR count). The van der Waals surface area contributed by atoms with Crippen LogP contribution in [0.25, 0.3) is 0 Å². The Hall–Kier alpha value is -9.95. The maximum Gasteiger partial charge on any atom is 0.121 e. The number of aromatic nitrogens is 22. The van der Waals surface area contributed by atoms with Crippen LogP contribution in [0.5, 0.6) is 0 Å². The van der Waals surface area contributed by atoms with Gasteiger partial charge < -0.3 is 63.5 Å². The first-order chi connectivity index (χ1) is 47.6. The first-order valence-electron chi connectivity index (χ1n) is 30.2. The van der Waals surface area contributed by atoms with E-state index in [1.54, 1.807) is 68.6 Å². The fourth-order valence-electron chi connectivity index (χ4n) is 11.8. The molecule has 20 heterocycles. The van der Waals surface area contributed by atoms with Gasteiger partial charge in [0.15, 0.2) is 0 Å². The van der Waals surface area contributed by atoms with E-state index in [1.807, 2.05) is 103 Å². The predicted molar refractivity (Wildman–Crippen MR) is 345 cm³/mol. The SMILES string of the molecule is [Os].[Os].[Os].[Os].[c-]1c(N2[CH-]Cc3cccnc32)ncnc1N1[CH-]Cc2cccnc21.[c-]1c(N2[CH-]Cc3cncnc32)ncnc1N1[CH-]Cc2cncnc21.[c-]1c(N2[CH-]Cc3nccnc32)ncnc1N1[CH-]Cc2nccnc21.[c-]1c(N2[CH-]Cc3ncncc32)ncnc1N1[CH-]Cc2ncncc21. The van der Waals surface area contributed by atoms with Gasteiger partial charge in [0.25, 0.3) is 0 Å². The standard InChI is InChI=1S/C18H13N6.3C16H11N8.4Os/c1-3-13-5-9-23(17(13)19-7-1)15-11-16(22-12-21-15)24-10-6-14-4-2-8-20-18(14)24;1-7-23(15-11(1)17-3-5-19-15)13-9-14(22-10-21-13)24-8-2-12-16(24)20-6-4-18-12;1-3-23(13-6-17-8-19-11(1)13)15-5-16(22-10-21-15)24-4-2-12-14(24)7-18-9-20-12;1-3-23(15-11(1)6-17-8-21-15)13-5-14(20-10-19-13)24-4-2-12-7-18-9-22-16(12)24;;;;/h1-4,7-10,12H,5-6H2;3-8,10H,1-2H2;2*3-4,6-10H,1-2H2;;;;/q4*-3;;;;. The molecule has 0 atom stereocenters. The van der Waals surface area contributed by atoms with E-state index in [4.69, 9.17) is 0 Å². The van der Waals surface area contributed by atoms with E-state index >= 15 is 0 Å². The van der Waals surface area contributed by atoms with Crippen molar-refractivity contribution in [3.63, 3.8) is 0 Å². The third-order valence-corrected chi connectivity index (χ3v) is 16.2. The van der Waals surface area contributed by atoms with Crippen LogP contribution in [-0.4, -0.2) is 110 Å². The van der Waals surface area contributed by atoms with Crippen LogP contribution < -0.4 is 39.2 Å². The zero-order chi connectivity index (χ0) is 63.7. The van der Waals surface area contributed by atoms with Gasteiger partial charge >= 0.3 is 0 Å². The van der Waals surface area contributed by atoms with E-state index < -0.39 is 0 Å². The monoisotopic (exact) mass is 2030 g/mol. The number of hydrogen-bond donors (Lipinski definition) is 0. The van der Waals surface area contributed by atoms with Gasteiger partial charge in [0.2, 0.25) is 0 Å².